The molecule has 1 aromatic heterocycles. The van der Waals surface area contributed by atoms with E-state index in [0.717, 1.165) is 26.2 Å². The van der Waals surface area contributed by atoms with E-state index in [0.29, 0.717) is 11.7 Å². The molecule has 1 saturated heterocycles. The molecule has 1 aromatic rings. The second-order valence-electron chi connectivity index (χ2n) is 4.56. The number of likely N-dealkylation sites (N-methyl/N-ethyl adjacent to an activating group) is 1. The van der Waals surface area contributed by atoms with E-state index in [1.165, 1.54) is 0 Å². The van der Waals surface area contributed by atoms with Crippen molar-refractivity contribution in [1.29, 1.82) is 0 Å². The van der Waals surface area contributed by atoms with E-state index >= 15 is 0 Å². The Hall–Kier alpha value is -0.980. The molecule has 17 heavy (non-hydrogen) atoms. The van der Waals surface area contributed by atoms with Crippen molar-refractivity contribution in [3.8, 4) is 0 Å². The van der Waals surface area contributed by atoms with Crippen molar-refractivity contribution in [3.63, 3.8) is 0 Å². The third kappa shape index (κ3) is 3.49. The molecule has 96 valence electrons. The zero-order chi connectivity index (χ0) is 12.3. The third-order valence-corrected chi connectivity index (χ3v) is 2.91. The van der Waals surface area contributed by atoms with E-state index in [-0.39, 0.29) is 12.1 Å². The van der Waals surface area contributed by atoms with E-state index in [9.17, 15) is 0 Å². The van der Waals surface area contributed by atoms with Crippen molar-refractivity contribution < 1.29 is 9.26 Å². The number of nitrogens with one attached hydrogen (secondary N) is 1. The molecular weight excluding hydrogens is 220 g/mol. The lowest BCUT2D eigenvalue weighted by molar-refractivity contribution is -0.0194. The lowest BCUT2D eigenvalue weighted by Gasteiger charge is -2.30. The van der Waals surface area contributed by atoms with E-state index in [4.69, 9.17) is 9.26 Å². The van der Waals surface area contributed by atoms with Gasteiger partial charge < -0.3 is 19.5 Å². The monoisotopic (exact) mass is 240 g/mol. The zero-order valence-corrected chi connectivity index (χ0v) is 10.6. The second kappa shape index (κ2) is 5.57. The molecule has 6 nitrogen and oxygen atoms in total. The summed E-state index contributed by atoms with van der Waals surface area (Å²) in [5, 5.41) is 7.13. The molecule has 0 spiro atoms. The van der Waals surface area contributed by atoms with Gasteiger partial charge in [-0.1, -0.05) is 5.16 Å². The van der Waals surface area contributed by atoms with Gasteiger partial charge in [0.1, 0.15) is 0 Å². The van der Waals surface area contributed by atoms with Gasteiger partial charge >= 0.3 is 0 Å². The van der Waals surface area contributed by atoms with Crippen LogP contribution in [-0.4, -0.2) is 54.4 Å². The molecule has 0 amide bonds. The lowest BCUT2D eigenvalue weighted by Crippen LogP contribution is -2.45. The van der Waals surface area contributed by atoms with Crippen molar-refractivity contribution in [3.05, 3.63) is 11.7 Å². The predicted octanol–water partition coefficient (Wildman–Crippen LogP) is 0.359. The van der Waals surface area contributed by atoms with Gasteiger partial charge in [0.25, 0.3) is 0 Å². The molecule has 1 fully saturated rings. The van der Waals surface area contributed by atoms with Gasteiger partial charge in [0.2, 0.25) is 5.89 Å². The Morgan fingerprint density at radius 1 is 1.59 bits per heavy atom. The Balaban J connectivity index is 1.77. The topological polar surface area (TPSA) is 63.4 Å². The van der Waals surface area contributed by atoms with Crippen LogP contribution in [-0.2, 0) is 4.74 Å². The summed E-state index contributed by atoms with van der Waals surface area (Å²) < 4.78 is 10.8. The highest BCUT2D eigenvalue weighted by Gasteiger charge is 2.19. The van der Waals surface area contributed by atoms with Crippen LogP contribution in [0.4, 0.5) is 0 Å². The summed E-state index contributed by atoms with van der Waals surface area (Å²) in [6.45, 7) is 7.40. The minimum absolute atomic E-state index is 0.0621. The van der Waals surface area contributed by atoms with Crippen molar-refractivity contribution in [2.24, 2.45) is 0 Å². The average molecular weight is 240 g/mol. The first-order chi connectivity index (χ1) is 8.15. The molecule has 0 aliphatic carbocycles. The van der Waals surface area contributed by atoms with E-state index in [1.807, 2.05) is 13.8 Å². The van der Waals surface area contributed by atoms with Gasteiger partial charge in [0.15, 0.2) is 5.82 Å². The number of hydrogen-bond donors (Lipinski definition) is 1. The summed E-state index contributed by atoms with van der Waals surface area (Å²) in [4.78, 5) is 6.47. The van der Waals surface area contributed by atoms with Gasteiger partial charge in [0.05, 0.1) is 18.8 Å². The Morgan fingerprint density at radius 3 is 3.06 bits per heavy atom. The van der Waals surface area contributed by atoms with Crippen molar-refractivity contribution in [1.82, 2.24) is 20.4 Å². The molecule has 0 unspecified atom stereocenters. The van der Waals surface area contributed by atoms with Gasteiger partial charge in [-0.15, -0.1) is 0 Å². The fourth-order valence-corrected chi connectivity index (χ4v) is 1.87. The highest BCUT2D eigenvalue weighted by molar-refractivity contribution is 4.89. The van der Waals surface area contributed by atoms with Gasteiger partial charge in [0, 0.05) is 19.6 Å². The highest BCUT2D eigenvalue weighted by atomic mass is 16.5. The molecule has 0 radical (unpaired) electrons. The molecule has 1 N–H and O–H groups in total. The molecule has 0 saturated carbocycles. The number of aromatic nitrogens is 2. The van der Waals surface area contributed by atoms with E-state index in [2.05, 4.69) is 27.4 Å². The van der Waals surface area contributed by atoms with Gasteiger partial charge in [-0.05, 0) is 20.9 Å². The van der Waals surface area contributed by atoms with Gasteiger partial charge in [-0.25, -0.2) is 0 Å². The minimum Gasteiger partial charge on any atom is -0.374 e. The van der Waals surface area contributed by atoms with Crippen LogP contribution in [0, 0.1) is 6.92 Å². The standard InChI is InChI=1S/C11H20N4O2/c1-8(11-13-9(2)14-17-11)12-6-10-7-15(3)4-5-16-10/h8,10,12H,4-7H2,1-3H3/t8-,10-/m0/s1. The Bertz CT molecular complexity index is 355. The number of morpholine rings is 1. The maximum absolute atomic E-state index is 5.67. The van der Waals surface area contributed by atoms with Crippen LogP contribution < -0.4 is 5.32 Å². The number of nitrogens with zero attached hydrogens (tertiary/aromatic N) is 3. The SMILES string of the molecule is Cc1noc([C@H](C)NC[C@H]2CN(C)CCO2)n1. The Morgan fingerprint density at radius 2 is 2.41 bits per heavy atom. The largest absolute Gasteiger partial charge is 0.374 e. The molecule has 0 bridgehead atoms. The van der Waals surface area contributed by atoms with Crippen LogP contribution in [0.2, 0.25) is 0 Å². The predicted molar refractivity (Wildman–Crippen MR) is 62.7 cm³/mol. The molecule has 1 aliphatic heterocycles. The first-order valence-corrected chi connectivity index (χ1v) is 5.99. The summed E-state index contributed by atoms with van der Waals surface area (Å²) in [6.07, 6.45) is 0.236. The van der Waals surface area contributed by atoms with Crippen LogP contribution in [0.25, 0.3) is 0 Å². The van der Waals surface area contributed by atoms with Gasteiger partial charge in [-0.2, -0.15) is 4.98 Å². The van der Waals surface area contributed by atoms with Gasteiger partial charge in [-0.3, -0.25) is 0 Å². The Kier molecular flexibility index (Phi) is 4.09. The lowest BCUT2D eigenvalue weighted by atomic mass is 10.2. The van der Waals surface area contributed by atoms with E-state index in [1.54, 1.807) is 0 Å². The summed E-state index contributed by atoms with van der Waals surface area (Å²) in [5.74, 6) is 1.30. The fourth-order valence-electron chi connectivity index (χ4n) is 1.87. The summed E-state index contributed by atoms with van der Waals surface area (Å²) in [5.41, 5.74) is 0. The highest BCUT2D eigenvalue weighted by Crippen LogP contribution is 2.10. The molecule has 6 heteroatoms. The maximum Gasteiger partial charge on any atom is 0.243 e. The second-order valence-corrected chi connectivity index (χ2v) is 4.56. The van der Waals surface area contributed by atoms with Crippen LogP contribution in [0.1, 0.15) is 24.7 Å². The first-order valence-electron chi connectivity index (χ1n) is 5.99. The third-order valence-electron chi connectivity index (χ3n) is 2.91. The molecule has 2 heterocycles. The normalized spacial score (nSPS) is 23.8. The smallest absolute Gasteiger partial charge is 0.243 e. The molecular formula is C11H20N4O2. The number of aryl methyl sites for hydroxylation is 1. The summed E-state index contributed by atoms with van der Waals surface area (Å²) in [7, 11) is 2.11. The maximum atomic E-state index is 5.67. The first kappa shape index (κ1) is 12.5. The summed E-state index contributed by atoms with van der Waals surface area (Å²) >= 11 is 0. The molecule has 2 rings (SSSR count). The van der Waals surface area contributed by atoms with Crippen LogP contribution >= 0.6 is 0 Å². The Labute approximate surface area is 101 Å². The number of ether oxygens (including phenoxy) is 1. The zero-order valence-electron chi connectivity index (χ0n) is 10.6. The minimum atomic E-state index is 0.0621. The van der Waals surface area contributed by atoms with E-state index < -0.39 is 0 Å². The van der Waals surface area contributed by atoms with Crippen LogP contribution in [0.3, 0.4) is 0 Å². The van der Waals surface area contributed by atoms with Crippen LogP contribution in [0.5, 0.6) is 0 Å². The molecule has 0 aromatic carbocycles. The molecule has 1 aliphatic rings. The summed E-state index contributed by atoms with van der Waals surface area (Å²) in [6, 6.07) is 0.0621. The quantitative estimate of drug-likeness (QED) is 0.820. The number of hydrogen-bond acceptors (Lipinski definition) is 6. The average Bonchev–Trinajstić information content (AvgIpc) is 2.73. The van der Waals surface area contributed by atoms with Crippen LogP contribution in [0.15, 0.2) is 4.52 Å². The van der Waals surface area contributed by atoms with Crippen molar-refractivity contribution in [2.75, 3.05) is 33.3 Å². The molecule has 2 atom stereocenters. The van der Waals surface area contributed by atoms with Crippen molar-refractivity contribution >= 4 is 0 Å². The van der Waals surface area contributed by atoms with Crippen molar-refractivity contribution in [2.45, 2.75) is 26.0 Å². The number of rotatable bonds is 4. The fraction of sp³-hybridized carbons (Fsp3) is 0.818.